The summed E-state index contributed by atoms with van der Waals surface area (Å²) in [6.45, 7) is 2.89. The van der Waals surface area contributed by atoms with Crippen molar-refractivity contribution in [1.29, 1.82) is 0 Å². The number of aryl methyl sites for hydroxylation is 1. The molecule has 0 saturated carbocycles. The van der Waals surface area contributed by atoms with Crippen molar-refractivity contribution in [2.45, 2.75) is 13.5 Å². The molecule has 2 aromatic heterocycles. The van der Waals surface area contributed by atoms with Crippen LogP contribution in [0, 0.1) is 5.82 Å². The predicted molar refractivity (Wildman–Crippen MR) is 84.1 cm³/mol. The number of fused-ring (bicyclic) bond motifs is 1. The Hall–Kier alpha value is -3.02. The molecule has 4 aromatic rings. The fraction of sp³-hybridized carbons (Fsp3) is 0.118. The van der Waals surface area contributed by atoms with Gasteiger partial charge in [0.25, 0.3) is 5.89 Å². The Labute approximate surface area is 131 Å². The molecule has 0 aliphatic carbocycles. The van der Waals surface area contributed by atoms with E-state index in [1.54, 1.807) is 12.1 Å². The topological polar surface area (TPSA) is 56.7 Å². The molecule has 0 atom stereocenters. The highest BCUT2D eigenvalue weighted by Crippen LogP contribution is 2.25. The lowest BCUT2D eigenvalue weighted by molar-refractivity contribution is 0.432. The lowest BCUT2D eigenvalue weighted by Gasteiger charge is -2.00. The highest BCUT2D eigenvalue weighted by molar-refractivity contribution is 5.80. The molecule has 2 aromatic carbocycles. The third kappa shape index (κ3) is 2.38. The van der Waals surface area contributed by atoms with E-state index in [2.05, 4.69) is 22.0 Å². The summed E-state index contributed by atoms with van der Waals surface area (Å²) >= 11 is 0. The Kier molecular flexibility index (Phi) is 3.15. The number of hydrogen-bond donors (Lipinski definition) is 0. The SMILES string of the molecule is CCn1cnc2ccc(-c3noc(-c4cccc(F)c4)n3)cc21. The van der Waals surface area contributed by atoms with Gasteiger partial charge in [0.15, 0.2) is 0 Å². The van der Waals surface area contributed by atoms with Crippen LogP contribution in [0.25, 0.3) is 33.9 Å². The molecule has 2 heterocycles. The number of benzene rings is 2. The number of rotatable bonds is 3. The average molecular weight is 308 g/mol. The monoisotopic (exact) mass is 308 g/mol. The third-order valence-electron chi connectivity index (χ3n) is 3.72. The Morgan fingerprint density at radius 3 is 2.87 bits per heavy atom. The van der Waals surface area contributed by atoms with E-state index < -0.39 is 0 Å². The average Bonchev–Trinajstić information content (AvgIpc) is 3.21. The minimum Gasteiger partial charge on any atom is -0.334 e. The fourth-order valence-corrected chi connectivity index (χ4v) is 2.53. The first-order valence-electron chi connectivity index (χ1n) is 7.29. The van der Waals surface area contributed by atoms with E-state index in [9.17, 15) is 4.39 Å². The molecular formula is C17H13FN4O. The molecule has 0 aliphatic rings. The summed E-state index contributed by atoms with van der Waals surface area (Å²) in [7, 11) is 0. The van der Waals surface area contributed by atoms with E-state index in [0.29, 0.717) is 17.3 Å². The molecule has 0 spiro atoms. The second-order valence-electron chi connectivity index (χ2n) is 5.17. The second-order valence-corrected chi connectivity index (χ2v) is 5.17. The Morgan fingerprint density at radius 1 is 1.13 bits per heavy atom. The fourth-order valence-electron chi connectivity index (χ4n) is 2.53. The van der Waals surface area contributed by atoms with E-state index in [4.69, 9.17) is 4.52 Å². The van der Waals surface area contributed by atoms with E-state index in [1.165, 1.54) is 12.1 Å². The van der Waals surface area contributed by atoms with Gasteiger partial charge in [0.05, 0.1) is 17.4 Å². The third-order valence-corrected chi connectivity index (χ3v) is 3.72. The minimum atomic E-state index is -0.337. The molecule has 0 amide bonds. The van der Waals surface area contributed by atoms with Crippen LogP contribution >= 0.6 is 0 Å². The molecule has 0 saturated heterocycles. The summed E-state index contributed by atoms with van der Waals surface area (Å²) in [5.41, 5.74) is 3.33. The normalized spacial score (nSPS) is 11.2. The standard InChI is InChI=1S/C17H13FN4O/c1-2-22-10-19-14-7-6-11(9-15(14)22)16-20-17(23-21-16)12-4-3-5-13(18)8-12/h3-10H,2H2,1H3. The van der Waals surface area contributed by atoms with Gasteiger partial charge >= 0.3 is 0 Å². The summed E-state index contributed by atoms with van der Waals surface area (Å²) < 4.78 is 20.6. The first-order valence-corrected chi connectivity index (χ1v) is 7.29. The molecule has 4 rings (SSSR count). The Bertz CT molecular complexity index is 989. The van der Waals surface area contributed by atoms with Crippen LogP contribution in [-0.4, -0.2) is 19.7 Å². The number of imidazole rings is 1. The molecule has 5 nitrogen and oxygen atoms in total. The second kappa shape index (κ2) is 5.31. The maximum Gasteiger partial charge on any atom is 0.258 e. The number of nitrogens with zero attached hydrogens (tertiary/aromatic N) is 4. The van der Waals surface area contributed by atoms with Crippen molar-refractivity contribution in [1.82, 2.24) is 19.7 Å². The quantitative estimate of drug-likeness (QED) is 0.576. The smallest absolute Gasteiger partial charge is 0.258 e. The highest BCUT2D eigenvalue weighted by Gasteiger charge is 2.12. The Balaban J connectivity index is 1.76. The van der Waals surface area contributed by atoms with E-state index >= 15 is 0 Å². The van der Waals surface area contributed by atoms with Gasteiger partial charge in [0, 0.05) is 17.7 Å². The van der Waals surface area contributed by atoms with Crippen molar-refractivity contribution in [3.63, 3.8) is 0 Å². The molecule has 0 bridgehead atoms. The molecule has 23 heavy (non-hydrogen) atoms. The van der Waals surface area contributed by atoms with Crippen LogP contribution in [0.4, 0.5) is 4.39 Å². The van der Waals surface area contributed by atoms with Gasteiger partial charge < -0.3 is 9.09 Å². The molecule has 0 N–H and O–H groups in total. The van der Waals surface area contributed by atoms with Gasteiger partial charge in [-0.3, -0.25) is 0 Å². The number of halogens is 1. The lowest BCUT2D eigenvalue weighted by Crippen LogP contribution is -1.91. The summed E-state index contributed by atoms with van der Waals surface area (Å²) in [5, 5.41) is 4.00. The van der Waals surface area contributed by atoms with Crippen molar-refractivity contribution < 1.29 is 8.91 Å². The molecule has 0 unspecified atom stereocenters. The zero-order chi connectivity index (χ0) is 15.8. The van der Waals surface area contributed by atoms with Crippen LogP contribution in [0.15, 0.2) is 53.3 Å². The van der Waals surface area contributed by atoms with Gasteiger partial charge in [-0.25, -0.2) is 9.37 Å². The molecule has 114 valence electrons. The van der Waals surface area contributed by atoms with Gasteiger partial charge in [-0.2, -0.15) is 4.98 Å². The lowest BCUT2D eigenvalue weighted by atomic mass is 10.2. The summed E-state index contributed by atoms with van der Waals surface area (Å²) in [5.74, 6) is 0.425. The maximum absolute atomic E-state index is 13.3. The zero-order valence-electron chi connectivity index (χ0n) is 12.4. The molecule has 0 radical (unpaired) electrons. The summed E-state index contributed by atoms with van der Waals surface area (Å²) in [6, 6.07) is 11.9. The first-order chi connectivity index (χ1) is 11.2. The largest absolute Gasteiger partial charge is 0.334 e. The van der Waals surface area contributed by atoms with E-state index in [0.717, 1.165) is 23.1 Å². The van der Waals surface area contributed by atoms with Crippen molar-refractivity contribution in [2.24, 2.45) is 0 Å². The minimum absolute atomic E-state index is 0.295. The van der Waals surface area contributed by atoms with Crippen molar-refractivity contribution in [3.05, 3.63) is 54.6 Å². The zero-order valence-corrected chi connectivity index (χ0v) is 12.4. The predicted octanol–water partition coefficient (Wildman–Crippen LogP) is 3.91. The molecule has 0 fully saturated rings. The van der Waals surface area contributed by atoms with Gasteiger partial charge in [-0.05, 0) is 43.3 Å². The van der Waals surface area contributed by atoms with Crippen molar-refractivity contribution >= 4 is 11.0 Å². The summed E-state index contributed by atoms with van der Waals surface area (Å²) in [4.78, 5) is 8.71. The van der Waals surface area contributed by atoms with E-state index in [-0.39, 0.29) is 5.82 Å². The van der Waals surface area contributed by atoms with Crippen LogP contribution in [0.2, 0.25) is 0 Å². The van der Waals surface area contributed by atoms with Gasteiger partial charge in [0.1, 0.15) is 5.82 Å². The van der Waals surface area contributed by atoms with Crippen LogP contribution < -0.4 is 0 Å². The van der Waals surface area contributed by atoms with Crippen molar-refractivity contribution in [3.8, 4) is 22.8 Å². The number of hydrogen-bond acceptors (Lipinski definition) is 4. The highest BCUT2D eigenvalue weighted by atomic mass is 19.1. The maximum atomic E-state index is 13.3. The van der Waals surface area contributed by atoms with Crippen molar-refractivity contribution in [2.75, 3.05) is 0 Å². The van der Waals surface area contributed by atoms with Crippen LogP contribution in [0.5, 0.6) is 0 Å². The van der Waals surface area contributed by atoms with Gasteiger partial charge in [-0.1, -0.05) is 11.2 Å². The van der Waals surface area contributed by atoms with Crippen LogP contribution in [0.1, 0.15) is 6.92 Å². The summed E-state index contributed by atoms with van der Waals surface area (Å²) in [6.07, 6.45) is 1.81. The van der Waals surface area contributed by atoms with E-state index in [1.807, 2.05) is 29.1 Å². The van der Waals surface area contributed by atoms with Crippen LogP contribution in [-0.2, 0) is 6.54 Å². The molecular weight excluding hydrogens is 295 g/mol. The number of aromatic nitrogens is 4. The first kappa shape index (κ1) is 13.6. The van der Waals surface area contributed by atoms with Gasteiger partial charge in [0.2, 0.25) is 5.82 Å². The van der Waals surface area contributed by atoms with Gasteiger partial charge in [-0.15, -0.1) is 0 Å². The molecule has 0 aliphatic heterocycles. The Morgan fingerprint density at radius 2 is 2.04 bits per heavy atom. The molecule has 6 heteroatoms. The van der Waals surface area contributed by atoms with Crippen LogP contribution in [0.3, 0.4) is 0 Å².